The van der Waals surface area contributed by atoms with Crippen molar-refractivity contribution in [1.82, 2.24) is 10.6 Å². The van der Waals surface area contributed by atoms with E-state index in [9.17, 15) is 9.59 Å². The lowest BCUT2D eigenvalue weighted by Gasteiger charge is -2.09. The molecule has 0 aliphatic heterocycles. The quantitative estimate of drug-likeness (QED) is 0.642. The van der Waals surface area contributed by atoms with Crippen LogP contribution in [0.4, 0.5) is 5.69 Å². The number of benzene rings is 1. The fourth-order valence-electron chi connectivity index (χ4n) is 1.84. The predicted molar refractivity (Wildman–Crippen MR) is 85.0 cm³/mol. The lowest BCUT2D eigenvalue weighted by Crippen LogP contribution is -2.27. The maximum absolute atomic E-state index is 11.7. The van der Waals surface area contributed by atoms with Crippen molar-refractivity contribution in [3.05, 3.63) is 29.8 Å². The van der Waals surface area contributed by atoms with Crippen LogP contribution in [0.1, 0.15) is 39.2 Å². The van der Waals surface area contributed by atoms with E-state index in [0.29, 0.717) is 19.0 Å². The van der Waals surface area contributed by atoms with Crippen molar-refractivity contribution in [2.45, 2.75) is 46.2 Å². The molecular weight excluding hydrogens is 266 g/mol. The maximum atomic E-state index is 11.7. The van der Waals surface area contributed by atoms with E-state index in [4.69, 9.17) is 0 Å². The van der Waals surface area contributed by atoms with Gasteiger partial charge >= 0.3 is 0 Å². The molecule has 0 saturated heterocycles. The van der Waals surface area contributed by atoms with Gasteiger partial charge in [0.05, 0.1) is 0 Å². The highest BCUT2D eigenvalue weighted by Crippen LogP contribution is 2.09. The number of rotatable bonds is 8. The number of hydrogen-bond acceptors (Lipinski definition) is 3. The Balaban J connectivity index is 2.25. The van der Waals surface area contributed by atoms with E-state index in [1.807, 2.05) is 24.3 Å². The van der Waals surface area contributed by atoms with E-state index < -0.39 is 0 Å². The van der Waals surface area contributed by atoms with Gasteiger partial charge < -0.3 is 16.0 Å². The molecule has 0 atom stereocenters. The summed E-state index contributed by atoms with van der Waals surface area (Å²) >= 11 is 0. The second-order valence-corrected chi connectivity index (χ2v) is 5.37. The second kappa shape index (κ2) is 9.13. The van der Waals surface area contributed by atoms with Crippen LogP contribution in [0.15, 0.2) is 24.3 Å². The summed E-state index contributed by atoms with van der Waals surface area (Å²) < 4.78 is 0. The summed E-state index contributed by atoms with van der Waals surface area (Å²) in [7, 11) is 0. The smallest absolute Gasteiger partial charge is 0.221 e. The van der Waals surface area contributed by atoms with Crippen molar-refractivity contribution >= 4 is 17.5 Å². The van der Waals surface area contributed by atoms with Gasteiger partial charge in [-0.05, 0) is 30.7 Å². The number of anilines is 1. The molecule has 1 rings (SSSR count). The van der Waals surface area contributed by atoms with Gasteiger partial charge in [0.15, 0.2) is 0 Å². The highest BCUT2D eigenvalue weighted by molar-refractivity contribution is 5.88. The normalized spacial score (nSPS) is 10.5. The molecule has 0 spiro atoms. The number of nitrogens with one attached hydrogen (secondary N) is 3. The first-order valence-corrected chi connectivity index (χ1v) is 7.34. The Kier molecular flexibility index (Phi) is 7.46. The van der Waals surface area contributed by atoms with Crippen LogP contribution in [0, 0.1) is 0 Å². The zero-order valence-corrected chi connectivity index (χ0v) is 13.0. The van der Waals surface area contributed by atoms with Gasteiger partial charge in [-0.15, -0.1) is 0 Å². The Hall–Kier alpha value is -1.88. The lowest BCUT2D eigenvalue weighted by atomic mass is 10.2. The van der Waals surface area contributed by atoms with E-state index >= 15 is 0 Å². The van der Waals surface area contributed by atoms with Gasteiger partial charge in [0.25, 0.3) is 0 Å². The van der Waals surface area contributed by atoms with E-state index in [2.05, 4.69) is 29.8 Å². The molecule has 5 heteroatoms. The van der Waals surface area contributed by atoms with Crippen molar-refractivity contribution in [1.29, 1.82) is 0 Å². The highest BCUT2D eigenvalue weighted by Gasteiger charge is 2.02. The second-order valence-electron chi connectivity index (χ2n) is 5.37. The van der Waals surface area contributed by atoms with E-state index in [-0.39, 0.29) is 11.8 Å². The minimum Gasteiger partial charge on any atom is -0.352 e. The van der Waals surface area contributed by atoms with Crippen LogP contribution in [0.5, 0.6) is 0 Å². The molecule has 0 unspecified atom stereocenters. The molecular formula is C16H25N3O2. The molecule has 0 radical (unpaired) electrons. The Morgan fingerprint density at radius 3 is 2.38 bits per heavy atom. The Bertz CT molecular complexity index is 455. The van der Waals surface area contributed by atoms with Crippen molar-refractivity contribution < 1.29 is 9.59 Å². The molecule has 0 fully saturated rings. The summed E-state index contributed by atoms with van der Waals surface area (Å²) in [4.78, 5) is 22.6. The number of carbonyl (C=O) groups excluding carboxylic acids is 2. The number of amides is 2. The first-order valence-electron chi connectivity index (χ1n) is 7.34. The van der Waals surface area contributed by atoms with Gasteiger partial charge in [-0.2, -0.15) is 0 Å². The molecule has 0 heterocycles. The van der Waals surface area contributed by atoms with Gasteiger partial charge in [-0.3, -0.25) is 9.59 Å². The first-order chi connectivity index (χ1) is 9.97. The molecule has 0 aliphatic carbocycles. The fraction of sp³-hybridized carbons (Fsp3) is 0.500. The third-order valence-electron chi connectivity index (χ3n) is 2.90. The third-order valence-corrected chi connectivity index (χ3v) is 2.90. The largest absolute Gasteiger partial charge is 0.352 e. The van der Waals surface area contributed by atoms with Crippen molar-refractivity contribution in [2.24, 2.45) is 0 Å². The predicted octanol–water partition coefficient (Wildman–Crippen LogP) is 2.04. The monoisotopic (exact) mass is 291 g/mol. The summed E-state index contributed by atoms with van der Waals surface area (Å²) in [5, 5.41) is 8.88. The highest BCUT2D eigenvalue weighted by atomic mass is 16.2. The van der Waals surface area contributed by atoms with E-state index in [1.54, 1.807) is 0 Å². The molecule has 3 N–H and O–H groups in total. The Morgan fingerprint density at radius 1 is 1.14 bits per heavy atom. The average molecular weight is 291 g/mol. The summed E-state index contributed by atoms with van der Waals surface area (Å²) in [5.74, 6) is -0.0300. The van der Waals surface area contributed by atoms with Crippen LogP contribution >= 0.6 is 0 Å². The molecule has 1 aromatic carbocycles. The average Bonchev–Trinajstić information content (AvgIpc) is 2.42. The van der Waals surface area contributed by atoms with Crippen LogP contribution in [0.25, 0.3) is 0 Å². The summed E-state index contributed by atoms with van der Waals surface area (Å²) in [6.07, 6.45) is 1.37. The molecule has 2 amide bonds. The molecule has 0 aliphatic rings. The SMILES string of the molecule is CC(=O)Nc1ccc(CNC(=O)CCCNC(C)C)cc1. The van der Waals surface area contributed by atoms with Crippen LogP contribution in [0.3, 0.4) is 0 Å². The zero-order chi connectivity index (χ0) is 15.7. The van der Waals surface area contributed by atoms with Crippen LogP contribution in [-0.2, 0) is 16.1 Å². The molecule has 0 saturated carbocycles. The standard InChI is InChI=1S/C16H25N3O2/c1-12(2)17-10-4-5-16(21)18-11-14-6-8-15(9-7-14)19-13(3)20/h6-9,12,17H,4-5,10-11H2,1-3H3,(H,18,21)(H,19,20). The molecule has 0 bridgehead atoms. The van der Waals surface area contributed by atoms with Gasteiger partial charge in [0.1, 0.15) is 0 Å². The zero-order valence-electron chi connectivity index (χ0n) is 13.0. The topological polar surface area (TPSA) is 70.2 Å². The Morgan fingerprint density at radius 2 is 1.81 bits per heavy atom. The van der Waals surface area contributed by atoms with Crippen LogP contribution < -0.4 is 16.0 Å². The first kappa shape index (κ1) is 17.2. The summed E-state index contributed by atoms with van der Waals surface area (Å²) in [6.45, 7) is 7.02. The van der Waals surface area contributed by atoms with Crippen molar-refractivity contribution in [2.75, 3.05) is 11.9 Å². The summed E-state index contributed by atoms with van der Waals surface area (Å²) in [5.41, 5.74) is 1.77. The van der Waals surface area contributed by atoms with Gasteiger partial charge in [0.2, 0.25) is 11.8 Å². The van der Waals surface area contributed by atoms with Gasteiger partial charge in [0, 0.05) is 31.6 Å². The molecule has 116 valence electrons. The van der Waals surface area contributed by atoms with E-state index in [0.717, 1.165) is 24.2 Å². The summed E-state index contributed by atoms with van der Waals surface area (Å²) in [6, 6.07) is 7.90. The van der Waals surface area contributed by atoms with Crippen LogP contribution in [-0.4, -0.2) is 24.4 Å². The lowest BCUT2D eigenvalue weighted by molar-refractivity contribution is -0.121. The van der Waals surface area contributed by atoms with Gasteiger partial charge in [-0.25, -0.2) is 0 Å². The number of carbonyl (C=O) groups is 2. The molecule has 0 aromatic heterocycles. The number of hydrogen-bond donors (Lipinski definition) is 3. The van der Waals surface area contributed by atoms with E-state index in [1.165, 1.54) is 6.92 Å². The maximum Gasteiger partial charge on any atom is 0.221 e. The molecule has 21 heavy (non-hydrogen) atoms. The Labute approximate surface area is 126 Å². The minimum absolute atomic E-state index is 0.0616. The molecule has 5 nitrogen and oxygen atoms in total. The third kappa shape index (κ3) is 8.09. The van der Waals surface area contributed by atoms with Gasteiger partial charge in [-0.1, -0.05) is 26.0 Å². The fourth-order valence-corrected chi connectivity index (χ4v) is 1.84. The van der Waals surface area contributed by atoms with Crippen LogP contribution in [0.2, 0.25) is 0 Å². The minimum atomic E-state index is -0.0916. The van der Waals surface area contributed by atoms with Crippen molar-refractivity contribution in [3.8, 4) is 0 Å². The van der Waals surface area contributed by atoms with Crippen molar-refractivity contribution in [3.63, 3.8) is 0 Å². The molecule has 1 aromatic rings.